The summed E-state index contributed by atoms with van der Waals surface area (Å²) in [4.78, 5) is 0.180. The summed E-state index contributed by atoms with van der Waals surface area (Å²) in [5.74, 6) is 1.10. The van der Waals surface area contributed by atoms with Gasteiger partial charge in [-0.15, -0.1) is 0 Å². The van der Waals surface area contributed by atoms with Crippen LogP contribution in [0.15, 0.2) is 20.0 Å². The van der Waals surface area contributed by atoms with Crippen LogP contribution in [-0.2, 0) is 16.6 Å². The minimum Gasteiger partial charge on any atom is -0.452 e. The van der Waals surface area contributed by atoms with E-state index in [0.717, 1.165) is 19.4 Å². The quantitative estimate of drug-likeness (QED) is 0.790. The Kier molecular flexibility index (Phi) is 5.05. The van der Waals surface area contributed by atoms with Crippen molar-refractivity contribution in [3.63, 3.8) is 0 Å². The van der Waals surface area contributed by atoms with Crippen LogP contribution in [0.2, 0.25) is 0 Å². The Balaban J connectivity index is 2.03. The molecule has 0 aromatic carbocycles. The lowest BCUT2D eigenvalue weighted by atomic mass is 9.86. The highest BCUT2D eigenvalue weighted by atomic mass is 79.9. The molecule has 0 amide bonds. The summed E-state index contributed by atoms with van der Waals surface area (Å²) >= 11 is 3.17. The maximum atomic E-state index is 12.2. The van der Waals surface area contributed by atoms with Crippen LogP contribution in [0.1, 0.15) is 31.9 Å². The van der Waals surface area contributed by atoms with E-state index in [9.17, 15) is 8.42 Å². The second kappa shape index (κ2) is 6.39. The van der Waals surface area contributed by atoms with Crippen molar-refractivity contribution in [2.75, 3.05) is 13.1 Å². The molecular weight excluding hydrogens is 332 g/mol. The van der Waals surface area contributed by atoms with Crippen molar-refractivity contribution in [2.45, 2.75) is 37.6 Å². The molecule has 5 nitrogen and oxygen atoms in total. The zero-order valence-corrected chi connectivity index (χ0v) is 13.3. The zero-order chi connectivity index (χ0) is 13.9. The summed E-state index contributed by atoms with van der Waals surface area (Å²) in [6.45, 7) is 3.83. The van der Waals surface area contributed by atoms with Crippen molar-refractivity contribution in [1.82, 2.24) is 10.0 Å². The van der Waals surface area contributed by atoms with Gasteiger partial charge in [0.25, 0.3) is 0 Å². The predicted octanol–water partition coefficient (Wildman–Crippen LogP) is 2.23. The van der Waals surface area contributed by atoms with E-state index in [-0.39, 0.29) is 9.56 Å². The molecular formula is C12H19BrN2O3S. The lowest BCUT2D eigenvalue weighted by Crippen LogP contribution is -2.32. The normalized spacial score (nSPS) is 16.5. The Morgan fingerprint density at radius 3 is 2.79 bits per heavy atom. The fraction of sp³-hybridized carbons (Fsp3) is 0.667. The van der Waals surface area contributed by atoms with Crippen LogP contribution in [0.4, 0.5) is 0 Å². The molecule has 0 atom stereocenters. The van der Waals surface area contributed by atoms with Crippen molar-refractivity contribution in [1.29, 1.82) is 0 Å². The number of rotatable bonds is 7. The van der Waals surface area contributed by atoms with Gasteiger partial charge in [-0.2, -0.15) is 0 Å². The first-order chi connectivity index (χ1) is 9.03. The van der Waals surface area contributed by atoms with E-state index < -0.39 is 10.0 Å². The van der Waals surface area contributed by atoms with Crippen molar-refractivity contribution in [3.05, 3.63) is 16.5 Å². The molecule has 1 aromatic rings. The zero-order valence-electron chi connectivity index (χ0n) is 10.9. The molecule has 7 heteroatoms. The van der Waals surface area contributed by atoms with Gasteiger partial charge in [-0.05, 0) is 41.2 Å². The average Bonchev–Trinajstić information content (AvgIpc) is 2.66. The Morgan fingerprint density at radius 2 is 2.21 bits per heavy atom. The van der Waals surface area contributed by atoms with Gasteiger partial charge in [0, 0.05) is 12.6 Å². The van der Waals surface area contributed by atoms with E-state index in [4.69, 9.17) is 4.42 Å². The van der Waals surface area contributed by atoms with Crippen molar-refractivity contribution >= 4 is 26.0 Å². The van der Waals surface area contributed by atoms with Crippen LogP contribution in [0.3, 0.4) is 0 Å². The summed E-state index contributed by atoms with van der Waals surface area (Å²) in [6.07, 6.45) is 3.43. The lowest BCUT2D eigenvalue weighted by Gasteiger charge is -2.25. The van der Waals surface area contributed by atoms with Crippen molar-refractivity contribution in [2.24, 2.45) is 5.92 Å². The molecule has 2 N–H and O–H groups in total. The molecule has 0 radical (unpaired) electrons. The van der Waals surface area contributed by atoms with E-state index in [1.165, 1.54) is 6.42 Å². The number of furan rings is 1. The third kappa shape index (κ3) is 3.81. The molecule has 1 aromatic heterocycles. The summed E-state index contributed by atoms with van der Waals surface area (Å²) in [5.41, 5.74) is 0. The minimum atomic E-state index is -3.48. The SMILES string of the molecule is CCNCc1cc(S(=O)(=O)NCC2CCC2)c(Br)o1. The molecule has 1 aliphatic carbocycles. The van der Waals surface area contributed by atoms with Gasteiger partial charge in [0.2, 0.25) is 10.0 Å². The highest BCUT2D eigenvalue weighted by Gasteiger charge is 2.25. The maximum Gasteiger partial charge on any atom is 0.244 e. The topological polar surface area (TPSA) is 71.3 Å². The summed E-state index contributed by atoms with van der Waals surface area (Å²) in [5, 5.41) is 3.10. The molecule has 19 heavy (non-hydrogen) atoms. The third-order valence-corrected chi connectivity index (χ3v) is 5.61. The van der Waals surface area contributed by atoms with Gasteiger partial charge >= 0.3 is 0 Å². The molecule has 108 valence electrons. The average molecular weight is 351 g/mol. The molecule has 0 spiro atoms. The van der Waals surface area contributed by atoms with Crippen LogP contribution in [0.5, 0.6) is 0 Å². The number of nitrogens with one attached hydrogen (secondary N) is 2. The van der Waals surface area contributed by atoms with E-state index in [0.29, 0.717) is 24.8 Å². The smallest absolute Gasteiger partial charge is 0.244 e. The molecule has 0 saturated heterocycles. The van der Waals surface area contributed by atoms with Gasteiger partial charge in [0.15, 0.2) is 4.67 Å². The fourth-order valence-electron chi connectivity index (χ4n) is 1.92. The molecule has 1 heterocycles. The Bertz CT molecular complexity index is 523. The summed E-state index contributed by atoms with van der Waals surface area (Å²) < 4.78 is 32.6. The fourth-order valence-corrected chi connectivity index (χ4v) is 4.03. The second-order valence-electron chi connectivity index (χ2n) is 4.78. The number of halogens is 1. The molecule has 0 bridgehead atoms. The van der Waals surface area contributed by atoms with Gasteiger partial charge in [0.05, 0.1) is 6.54 Å². The number of hydrogen-bond donors (Lipinski definition) is 2. The van der Waals surface area contributed by atoms with Gasteiger partial charge in [-0.25, -0.2) is 13.1 Å². The van der Waals surface area contributed by atoms with Crippen LogP contribution < -0.4 is 10.0 Å². The third-order valence-electron chi connectivity index (χ3n) is 3.33. The van der Waals surface area contributed by atoms with Crippen molar-refractivity contribution < 1.29 is 12.8 Å². The van der Waals surface area contributed by atoms with E-state index in [2.05, 4.69) is 26.0 Å². The second-order valence-corrected chi connectivity index (χ2v) is 7.24. The standard InChI is InChI=1S/C12H19BrN2O3S/c1-2-14-8-10-6-11(12(13)18-10)19(16,17)15-7-9-4-3-5-9/h6,9,14-15H,2-5,7-8H2,1H3. The lowest BCUT2D eigenvalue weighted by molar-refractivity contribution is 0.316. The van der Waals surface area contributed by atoms with Crippen LogP contribution in [-0.4, -0.2) is 21.5 Å². The van der Waals surface area contributed by atoms with Crippen molar-refractivity contribution in [3.8, 4) is 0 Å². The number of hydrogen-bond acceptors (Lipinski definition) is 4. The van der Waals surface area contributed by atoms with E-state index in [1.54, 1.807) is 6.07 Å². The summed E-state index contributed by atoms with van der Waals surface area (Å²) in [6, 6.07) is 1.57. The molecule has 1 aliphatic rings. The first-order valence-corrected chi connectivity index (χ1v) is 8.79. The molecule has 2 rings (SSSR count). The molecule has 1 saturated carbocycles. The van der Waals surface area contributed by atoms with Gasteiger partial charge in [-0.3, -0.25) is 0 Å². The van der Waals surface area contributed by atoms with Crippen LogP contribution in [0.25, 0.3) is 0 Å². The first kappa shape index (κ1) is 15.0. The predicted molar refractivity (Wildman–Crippen MR) is 76.3 cm³/mol. The van der Waals surface area contributed by atoms with Gasteiger partial charge in [0.1, 0.15) is 10.7 Å². The largest absolute Gasteiger partial charge is 0.452 e. The van der Waals surface area contributed by atoms with Crippen LogP contribution in [0, 0.1) is 5.92 Å². The van der Waals surface area contributed by atoms with Gasteiger partial charge in [-0.1, -0.05) is 13.3 Å². The Labute approximate surface area is 122 Å². The first-order valence-electron chi connectivity index (χ1n) is 6.51. The highest BCUT2D eigenvalue weighted by Crippen LogP contribution is 2.28. The van der Waals surface area contributed by atoms with E-state index >= 15 is 0 Å². The Morgan fingerprint density at radius 1 is 1.47 bits per heavy atom. The van der Waals surface area contributed by atoms with E-state index in [1.807, 2.05) is 6.92 Å². The summed E-state index contributed by atoms with van der Waals surface area (Å²) in [7, 11) is -3.48. The van der Waals surface area contributed by atoms with Gasteiger partial charge < -0.3 is 9.73 Å². The maximum absolute atomic E-state index is 12.2. The van der Waals surface area contributed by atoms with Crippen LogP contribution >= 0.6 is 15.9 Å². The number of sulfonamides is 1. The minimum absolute atomic E-state index is 0.180. The highest BCUT2D eigenvalue weighted by molar-refractivity contribution is 9.10. The monoisotopic (exact) mass is 350 g/mol. The molecule has 1 fully saturated rings. The molecule has 0 unspecified atom stereocenters. The molecule has 0 aliphatic heterocycles. The Hall–Kier alpha value is -0.370.